The molecule has 1 aromatic carbocycles. The summed E-state index contributed by atoms with van der Waals surface area (Å²) in [6.07, 6.45) is -1.11. The fourth-order valence-corrected chi connectivity index (χ4v) is 1.26. The van der Waals surface area contributed by atoms with E-state index in [9.17, 15) is 9.59 Å². The maximum Gasteiger partial charge on any atom is 0.409 e. The van der Waals surface area contributed by atoms with Crippen LogP contribution in [0, 0.1) is 6.92 Å². The van der Waals surface area contributed by atoms with E-state index in [-0.39, 0.29) is 5.78 Å². The van der Waals surface area contributed by atoms with Crippen LogP contribution in [0.15, 0.2) is 18.2 Å². The Hall–Kier alpha value is -1.84. The summed E-state index contributed by atoms with van der Waals surface area (Å²) >= 11 is 0. The average Bonchev–Trinajstić information content (AvgIpc) is 2.01. The van der Waals surface area contributed by atoms with Crippen molar-refractivity contribution in [1.29, 1.82) is 0 Å². The van der Waals surface area contributed by atoms with E-state index in [1.807, 2.05) is 0 Å². The average molecular weight is 193 g/mol. The molecule has 1 aromatic rings. The maximum absolute atomic E-state index is 11.1. The van der Waals surface area contributed by atoms with Crippen molar-refractivity contribution in [2.45, 2.75) is 13.8 Å². The van der Waals surface area contributed by atoms with E-state index in [1.165, 1.54) is 6.92 Å². The van der Waals surface area contributed by atoms with Gasteiger partial charge in [0.2, 0.25) is 0 Å². The molecule has 0 aliphatic heterocycles. The Kier molecular flexibility index (Phi) is 2.86. The highest BCUT2D eigenvalue weighted by atomic mass is 16.4. The van der Waals surface area contributed by atoms with Crippen LogP contribution in [0.25, 0.3) is 0 Å². The molecule has 0 radical (unpaired) electrons. The largest absolute Gasteiger partial charge is 0.465 e. The smallest absolute Gasteiger partial charge is 0.409 e. The molecule has 0 aliphatic rings. The summed E-state index contributed by atoms with van der Waals surface area (Å²) in [6, 6.07) is 4.81. The Morgan fingerprint density at radius 3 is 2.43 bits per heavy atom. The lowest BCUT2D eigenvalue weighted by atomic mass is 10.1. The number of amides is 1. The lowest BCUT2D eigenvalue weighted by Crippen LogP contribution is -2.08. The number of nitrogens with one attached hydrogen (secondary N) is 1. The first-order valence-electron chi connectivity index (χ1n) is 4.12. The molecule has 4 nitrogen and oxygen atoms in total. The van der Waals surface area contributed by atoms with Crippen molar-refractivity contribution < 1.29 is 14.7 Å². The Morgan fingerprint density at radius 1 is 1.36 bits per heavy atom. The van der Waals surface area contributed by atoms with E-state index in [0.29, 0.717) is 11.3 Å². The van der Waals surface area contributed by atoms with Gasteiger partial charge in [-0.05, 0) is 37.6 Å². The number of rotatable bonds is 2. The molecule has 1 rings (SSSR count). The molecule has 0 unspecified atom stereocenters. The molecule has 0 saturated heterocycles. The van der Waals surface area contributed by atoms with Gasteiger partial charge in [0.25, 0.3) is 0 Å². The summed E-state index contributed by atoms with van der Waals surface area (Å²) in [5.74, 6) is -0.0237. The Morgan fingerprint density at radius 2 is 2.00 bits per heavy atom. The Bertz CT molecular complexity index is 385. The van der Waals surface area contributed by atoms with Gasteiger partial charge in [0, 0.05) is 11.3 Å². The second-order valence-electron chi connectivity index (χ2n) is 3.02. The Labute approximate surface area is 81.6 Å². The van der Waals surface area contributed by atoms with Gasteiger partial charge in [0.1, 0.15) is 0 Å². The van der Waals surface area contributed by atoms with Gasteiger partial charge in [0.05, 0.1) is 0 Å². The zero-order chi connectivity index (χ0) is 10.7. The lowest BCUT2D eigenvalue weighted by Gasteiger charge is -2.05. The lowest BCUT2D eigenvalue weighted by molar-refractivity contribution is 0.101. The number of Topliss-reactive ketones (excluding diaryl/α,β-unsaturated/α-hetero) is 1. The number of carbonyl (C=O) groups is 2. The highest BCUT2D eigenvalue weighted by Gasteiger charge is 2.05. The van der Waals surface area contributed by atoms with Gasteiger partial charge >= 0.3 is 6.09 Å². The number of anilines is 1. The highest BCUT2D eigenvalue weighted by molar-refractivity contribution is 5.96. The van der Waals surface area contributed by atoms with Crippen molar-refractivity contribution in [3.8, 4) is 0 Å². The van der Waals surface area contributed by atoms with Gasteiger partial charge in [-0.15, -0.1) is 0 Å². The molecular weight excluding hydrogens is 182 g/mol. The summed E-state index contributed by atoms with van der Waals surface area (Å²) in [4.78, 5) is 21.4. The number of aryl methyl sites for hydroxylation is 1. The SMILES string of the molecule is CC(=O)c1ccc(NC(=O)O)cc1C. The van der Waals surface area contributed by atoms with Crippen molar-refractivity contribution >= 4 is 17.6 Å². The summed E-state index contributed by atoms with van der Waals surface area (Å²) in [7, 11) is 0. The van der Waals surface area contributed by atoms with Crippen LogP contribution in [-0.4, -0.2) is 17.0 Å². The van der Waals surface area contributed by atoms with E-state index in [2.05, 4.69) is 5.32 Å². The summed E-state index contributed by atoms with van der Waals surface area (Å²) in [5.41, 5.74) is 1.85. The number of carbonyl (C=O) groups excluding carboxylic acids is 1. The molecule has 0 fully saturated rings. The van der Waals surface area contributed by atoms with E-state index >= 15 is 0 Å². The van der Waals surface area contributed by atoms with Crippen LogP contribution >= 0.6 is 0 Å². The van der Waals surface area contributed by atoms with Crippen LogP contribution in [0.5, 0.6) is 0 Å². The van der Waals surface area contributed by atoms with Crippen molar-refractivity contribution in [2.75, 3.05) is 5.32 Å². The second-order valence-corrected chi connectivity index (χ2v) is 3.02. The third-order valence-electron chi connectivity index (χ3n) is 1.86. The zero-order valence-electron chi connectivity index (χ0n) is 8.00. The van der Waals surface area contributed by atoms with Crippen LogP contribution < -0.4 is 5.32 Å². The minimum atomic E-state index is -1.11. The molecule has 0 aromatic heterocycles. The number of carboxylic acid groups (broad SMARTS) is 1. The van der Waals surface area contributed by atoms with Crippen molar-refractivity contribution in [2.24, 2.45) is 0 Å². The normalized spacial score (nSPS) is 9.57. The molecule has 4 heteroatoms. The van der Waals surface area contributed by atoms with Gasteiger partial charge in [0.15, 0.2) is 5.78 Å². The van der Waals surface area contributed by atoms with Gasteiger partial charge in [-0.3, -0.25) is 10.1 Å². The Balaban J connectivity index is 3.00. The molecule has 0 atom stereocenters. The highest BCUT2D eigenvalue weighted by Crippen LogP contribution is 2.15. The second kappa shape index (κ2) is 3.91. The molecule has 0 heterocycles. The molecule has 0 aliphatic carbocycles. The summed E-state index contributed by atoms with van der Waals surface area (Å²) in [5, 5.41) is 10.7. The molecule has 2 N–H and O–H groups in total. The molecule has 1 amide bonds. The molecule has 0 bridgehead atoms. The fraction of sp³-hybridized carbons (Fsp3) is 0.200. The topological polar surface area (TPSA) is 66.4 Å². The molecule has 0 saturated carbocycles. The minimum Gasteiger partial charge on any atom is -0.465 e. The van der Waals surface area contributed by atoms with Crippen molar-refractivity contribution in [1.82, 2.24) is 0 Å². The van der Waals surface area contributed by atoms with Crippen LogP contribution in [0.2, 0.25) is 0 Å². The number of benzene rings is 1. The number of hydrogen-bond donors (Lipinski definition) is 2. The maximum atomic E-state index is 11.1. The first kappa shape index (κ1) is 10.2. The third kappa shape index (κ3) is 2.32. The van der Waals surface area contributed by atoms with Crippen molar-refractivity contribution in [3.63, 3.8) is 0 Å². The van der Waals surface area contributed by atoms with Crippen LogP contribution in [0.4, 0.5) is 10.5 Å². The van der Waals surface area contributed by atoms with Crippen LogP contribution in [0.3, 0.4) is 0 Å². The van der Waals surface area contributed by atoms with E-state index < -0.39 is 6.09 Å². The summed E-state index contributed by atoms with van der Waals surface area (Å²) in [6.45, 7) is 3.25. The summed E-state index contributed by atoms with van der Waals surface area (Å²) < 4.78 is 0. The fourth-order valence-electron chi connectivity index (χ4n) is 1.26. The van der Waals surface area contributed by atoms with Gasteiger partial charge in [-0.1, -0.05) is 0 Å². The minimum absolute atomic E-state index is 0.0237. The number of ketones is 1. The predicted molar refractivity (Wildman–Crippen MR) is 52.8 cm³/mol. The van der Waals surface area contributed by atoms with Gasteiger partial charge in [-0.25, -0.2) is 4.79 Å². The first-order valence-corrected chi connectivity index (χ1v) is 4.12. The number of hydrogen-bond acceptors (Lipinski definition) is 2. The zero-order valence-corrected chi connectivity index (χ0v) is 8.00. The standard InChI is InChI=1S/C10H11NO3/c1-6-5-8(11-10(13)14)3-4-9(6)7(2)12/h3-5,11H,1-2H3,(H,13,14). The monoisotopic (exact) mass is 193 g/mol. The van der Waals surface area contributed by atoms with Crippen LogP contribution in [-0.2, 0) is 0 Å². The van der Waals surface area contributed by atoms with Crippen molar-refractivity contribution in [3.05, 3.63) is 29.3 Å². The third-order valence-corrected chi connectivity index (χ3v) is 1.86. The predicted octanol–water partition coefficient (Wildman–Crippen LogP) is 2.29. The quantitative estimate of drug-likeness (QED) is 0.708. The first-order chi connectivity index (χ1) is 6.50. The molecular formula is C10H11NO3. The van der Waals surface area contributed by atoms with E-state index in [1.54, 1.807) is 25.1 Å². The van der Waals surface area contributed by atoms with Gasteiger partial charge in [-0.2, -0.15) is 0 Å². The van der Waals surface area contributed by atoms with E-state index in [4.69, 9.17) is 5.11 Å². The molecule has 0 spiro atoms. The molecule has 74 valence electrons. The van der Waals surface area contributed by atoms with Gasteiger partial charge < -0.3 is 5.11 Å². The van der Waals surface area contributed by atoms with E-state index in [0.717, 1.165) is 5.56 Å². The molecule has 14 heavy (non-hydrogen) atoms. The van der Waals surface area contributed by atoms with Crippen LogP contribution in [0.1, 0.15) is 22.8 Å².